The SMILES string of the molecule is CC(N)Cc1cccc(Cl)c1OCCN(C)C. The number of para-hydroxylation sites is 1. The van der Waals surface area contributed by atoms with Crippen LogP contribution in [0.4, 0.5) is 0 Å². The van der Waals surface area contributed by atoms with Crippen LogP contribution in [-0.4, -0.2) is 38.2 Å². The van der Waals surface area contributed by atoms with E-state index in [0.29, 0.717) is 11.6 Å². The molecule has 0 aliphatic carbocycles. The van der Waals surface area contributed by atoms with Gasteiger partial charge in [0.25, 0.3) is 0 Å². The minimum atomic E-state index is 0.102. The van der Waals surface area contributed by atoms with Gasteiger partial charge in [-0.25, -0.2) is 0 Å². The average Bonchev–Trinajstić information content (AvgIpc) is 2.21. The van der Waals surface area contributed by atoms with Gasteiger partial charge in [0.2, 0.25) is 0 Å². The van der Waals surface area contributed by atoms with Crippen molar-refractivity contribution in [2.24, 2.45) is 5.73 Å². The molecule has 1 atom stereocenters. The van der Waals surface area contributed by atoms with E-state index in [9.17, 15) is 0 Å². The van der Waals surface area contributed by atoms with Crippen molar-refractivity contribution in [3.8, 4) is 5.75 Å². The van der Waals surface area contributed by atoms with E-state index in [1.165, 1.54) is 0 Å². The molecule has 0 saturated carbocycles. The molecule has 17 heavy (non-hydrogen) atoms. The van der Waals surface area contributed by atoms with Crippen molar-refractivity contribution >= 4 is 11.6 Å². The van der Waals surface area contributed by atoms with Gasteiger partial charge in [-0.2, -0.15) is 0 Å². The average molecular weight is 257 g/mol. The molecule has 0 amide bonds. The van der Waals surface area contributed by atoms with Crippen LogP contribution in [0, 0.1) is 0 Å². The highest BCUT2D eigenvalue weighted by atomic mass is 35.5. The molecule has 1 unspecified atom stereocenters. The third-order valence-electron chi connectivity index (χ3n) is 2.38. The summed E-state index contributed by atoms with van der Waals surface area (Å²) in [6, 6.07) is 5.89. The number of halogens is 1. The van der Waals surface area contributed by atoms with Crippen LogP contribution in [0.2, 0.25) is 5.02 Å². The highest BCUT2D eigenvalue weighted by Gasteiger charge is 2.10. The van der Waals surface area contributed by atoms with Crippen molar-refractivity contribution in [3.63, 3.8) is 0 Å². The minimum Gasteiger partial charge on any atom is -0.490 e. The first-order chi connectivity index (χ1) is 8.00. The fraction of sp³-hybridized carbons (Fsp3) is 0.538. The molecular weight excluding hydrogens is 236 g/mol. The van der Waals surface area contributed by atoms with Crippen LogP contribution in [-0.2, 0) is 6.42 Å². The van der Waals surface area contributed by atoms with Gasteiger partial charge in [-0.1, -0.05) is 23.7 Å². The summed E-state index contributed by atoms with van der Waals surface area (Å²) in [6.45, 7) is 3.47. The van der Waals surface area contributed by atoms with Crippen molar-refractivity contribution in [3.05, 3.63) is 28.8 Å². The van der Waals surface area contributed by atoms with E-state index in [2.05, 4.69) is 4.90 Å². The molecule has 1 rings (SSSR count). The quantitative estimate of drug-likeness (QED) is 0.848. The molecule has 0 radical (unpaired) electrons. The van der Waals surface area contributed by atoms with Crippen LogP contribution in [0.3, 0.4) is 0 Å². The van der Waals surface area contributed by atoms with Crippen LogP contribution < -0.4 is 10.5 Å². The molecule has 3 nitrogen and oxygen atoms in total. The van der Waals surface area contributed by atoms with Crippen molar-refractivity contribution < 1.29 is 4.74 Å². The smallest absolute Gasteiger partial charge is 0.141 e. The van der Waals surface area contributed by atoms with Crippen LogP contribution >= 0.6 is 11.6 Å². The Morgan fingerprint density at radius 1 is 1.41 bits per heavy atom. The molecule has 0 heterocycles. The lowest BCUT2D eigenvalue weighted by molar-refractivity contribution is 0.259. The van der Waals surface area contributed by atoms with Crippen LogP contribution in [0.15, 0.2) is 18.2 Å². The number of hydrogen-bond donors (Lipinski definition) is 1. The minimum absolute atomic E-state index is 0.102. The van der Waals surface area contributed by atoms with Crippen LogP contribution in [0.5, 0.6) is 5.75 Å². The number of likely N-dealkylation sites (N-methyl/N-ethyl adjacent to an activating group) is 1. The van der Waals surface area contributed by atoms with E-state index < -0.39 is 0 Å². The highest BCUT2D eigenvalue weighted by Crippen LogP contribution is 2.29. The molecule has 0 bridgehead atoms. The summed E-state index contributed by atoms with van der Waals surface area (Å²) < 4.78 is 5.75. The molecule has 0 aliphatic heterocycles. The molecule has 0 spiro atoms. The summed E-state index contributed by atoms with van der Waals surface area (Å²) in [4.78, 5) is 2.07. The summed E-state index contributed by atoms with van der Waals surface area (Å²) in [6.07, 6.45) is 0.776. The van der Waals surface area contributed by atoms with Gasteiger partial charge < -0.3 is 15.4 Å². The van der Waals surface area contributed by atoms with E-state index in [4.69, 9.17) is 22.1 Å². The van der Waals surface area contributed by atoms with E-state index in [0.717, 1.165) is 24.3 Å². The van der Waals surface area contributed by atoms with Gasteiger partial charge in [0.15, 0.2) is 0 Å². The Bertz CT molecular complexity index is 353. The number of rotatable bonds is 6. The lowest BCUT2D eigenvalue weighted by Gasteiger charge is -2.16. The molecule has 96 valence electrons. The van der Waals surface area contributed by atoms with Crippen LogP contribution in [0.25, 0.3) is 0 Å². The van der Waals surface area contributed by atoms with Crippen molar-refractivity contribution in [2.75, 3.05) is 27.2 Å². The number of hydrogen-bond acceptors (Lipinski definition) is 3. The third-order valence-corrected chi connectivity index (χ3v) is 2.67. The van der Waals surface area contributed by atoms with Gasteiger partial charge in [-0.3, -0.25) is 0 Å². The van der Waals surface area contributed by atoms with Crippen LogP contribution in [0.1, 0.15) is 12.5 Å². The Balaban J connectivity index is 2.73. The number of ether oxygens (including phenoxy) is 1. The van der Waals surface area contributed by atoms with E-state index >= 15 is 0 Å². The zero-order valence-corrected chi connectivity index (χ0v) is 11.5. The fourth-order valence-corrected chi connectivity index (χ4v) is 1.80. The largest absolute Gasteiger partial charge is 0.490 e. The van der Waals surface area contributed by atoms with E-state index in [1.807, 2.05) is 39.2 Å². The first-order valence-electron chi connectivity index (χ1n) is 5.81. The first-order valence-corrected chi connectivity index (χ1v) is 6.19. The van der Waals surface area contributed by atoms with E-state index in [1.54, 1.807) is 0 Å². The van der Waals surface area contributed by atoms with E-state index in [-0.39, 0.29) is 6.04 Å². The molecule has 2 N–H and O–H groups in total. The number of nitrogens with two attached hydrogens (primary N) is 1. The Kier molecular flexibility index (Phi) is 5.75. The lowest BCUT2D eigenvalue weighted by atomic mass is 10.1. The summed E-state index contributed by atoms with van der Waals surface area (Å²) in [5, 5.41) is 0.655. The Morgan fingerprint density at radius 3 is 2.71 bits per heavy atom. The van der Waals surface area contributed by atoms with Gasteiger partial charge in [-0.15, -0.1) is 0 Å². The van der Waals surface area contributed by atoms with Crippen molar-refractivity contribution in [2.45, 2.75) is 19.4 Å². The predicted molar refractivity (Wildman–Crippen MR) is 72.9 cm³/mol. The molecule has 4 heteroatoms. The molecule has 0 fully saturated rings. The first kappa shape index (κ1) is 14.3. The zero-order chi connectivity index (χ0) is 12.8. The molecule has 0 saturated heterocycles. The summed E-state index contributed by atoms with van der Waals surface area (Å²) in [5.74, 6) is 0.772. The summed E-state index contributed by atoms with van der Waals surface area (Å²) in [7, 11) is 4.03. The van der Waals surface area contributed by atoms with Gasteiger partial charge in [-0.05, 0) is 39.1 Å². The second-order valence-corrected chi connectivity index (χ2v) is 4.97. The number of benzene rings is 1. The Labute approximate surface area is 109 Å². The normalized spacial score (nSPS) is 12.8. The maximum absolute atomic E-state index is 6.15. The molecule has 0 aromatic heterocycles. The van der Waals surface area contributed by atoms with Crippen molar-refractivity contribution in [1.82, 2.24) is 4.90 Å². The standard InChI is InChI=1S/C13H21ClN2O/c1-10(15)9-11-5-4-6-12(14)13(11)17-8-7-16(2)3/h4-6,10H,7-9,15H2,1-3H3. The van der Waals surface area contributed by atoms with Gasteiger partial charge in [0.1, 0.15) is 12.4 Å². The summed E-state index contributed by atoms with van der Waals surface area (Å²) >= 11 is 6.15. The monoisotopic (exact) mass is 256 g/mol. The Hall–Kier alpha value is -0.770. The second kappa shape index (κ2) is 6.84. The lowest BCUT2D eigenvalue weighted by Crippen LogP contribution is -2.21. The third kappa shape index (κ3) is 4.94. The molecule has 1 aromatic rings. The highest BCUT2D eigenvalue weighted by molar-refractivity contribution is 6.32. The zero-order valence-electron chi connectivity index (χ0n) is 10.7. The van der Waals surface area contributed by atoms with Gasteiger partial charge >= 0.3 is 0 Å². The predicted octanol–water partition coefficient (Wildman–Crippen LogP) is 2.17. The maximum atomic E-state index is 6.15. The van der Waals surface area contributed by atoms with Crippen molar-refractivity contribution in [1.29, 1.82) is 0 Å². The second-order valence-electron chi connectivity index (χ2n) is 4.56. The fourth-order valence-electron chi connectivity index (χ4n) is 1.55. The van der Waals surface area contributed by atoms with Gasteiger partial charge in [0, 0.05) is 12.6 Å². The molecular formula is C13H21ClN2O. The maximum Gasteiger partial charge on any atom is 0.141 e. The number of nitrogens with zero attached hydrogens (tertiary/aromatic N) is 1. The summed E-state index contributed by atoms with van der Waals surface area (Å²) in [5.41, 5.74) is 6.89. The molecule has 1 aromatic carbocycles. The van der Waals surface area contributed by atoms with Gasteiger partial charge in [0.05, 0.1) is 5.02 Å². The topological polar surface area (TPSA) is 38.5 Å². The molecule has 0 aliphatic rings. The Morgan fingerprint density at radius 2 is 2.12 bits per heavy atom.